The molecular weight excluding hydrogens is 292 g/mol. The lowest BCUT2D eigenvalue weighted by Crippen LogP contribution is -2.60. The van der Waals surface area contributed by atoms with Gasteiger partial charge in [0.2, 0.25) is 0 Å². The van der Waals surface area contributed by atoms with Gasteiger partial charge in [0, 0.05) is 23.5 Å². The zero-order valence-corrected chi connectivity index (χ0v) is 16.0. The van der Waals surface area contributed by atoms with Crippen LogP contribution in [0.2, 0.25) is 0 Å². The number of hydrogen-bond donors (Lipinski definition) is 0. The molecule has 0 saturated heterocycles. The first kappa shape index (κ1) is 19.1. The average Bonchev–Trinajstić information content (AvgIpc) is 2.36. The molecule has 0 aromatic heterocycles. The molecule has 1 aromatic rings. The van der Waals surface area contributed by atoms with Crippen molar-refractivity contribution in [3.8, 4) is 0 Å². The Morgan fingerprint density at radius 3 is 1.45 bits per heavy atom. The lowest BCUT2D eigenvalue weighted by atomic mass is 10.1. The summed E-state index contributed by atoms with van der Waals surface area (Å²) in [4.78, 5) is 0. The highest BCUT2D eigenvalue weighted by Crippen LogP contribution is 2.19. The summed E-state index contributed by atoms with van der Waals surface area (Å²) in [5.74, 6) is 0. The third-order valence-electron chi connectivity index (χ3n) is 2.90. The third kappa shape index (κ3) is 5.36. The van der Waals surface area contributed by atoms with Gasteiger partial charge in [0.15, 0.2) is 0 Å². The Hall–Kier alpha value is -0.943. The van der Waals surface area contributed by atoms with Crippen LogP contribution in [0.25, 0.3) is 5.57 Å². The average molecular weight is 323 g/mol. The molecule has 0 bridgehead atoms. The fourth-order valence-electron chi connectivity index (χ4n) is 2.18. The summed E-state index contributed by atoms with van der Waals surface area (Å²) in [5, 5.41) is 0.994. The second-order valence-electron chi connectivity index (χ2n) is 6.41. The highest BCUT2D eigenvalue weighted by molar-refractivity contribution is 6.75. The molecule has 0 spiro atoms. The van der Waals surface area contributed by atoms with E-state index in [-0.39, 0.29) is 18.3 Å². The first-order valence-corrected chi connectivity index (χ1v) is 9.68. The zero-order valence-electron chi connectivity index (χ0n) is 15.0. The van der Waals surface area contributed by atoms with Crippen molar-refractivity contribution in [2.45, 2.75) is 66.8 Å². The second-order valence-corrected chi connectivity index (χ2v) is 8.81. The summed E-state index contributed by atoms with van der Waals surface area (Å²) in [6, 6.07) is 8.19. The Morgan fingerprint density at radius 1 is 0.818 bits per heavy atom. The smallest absolute Gasteiger partial charge is 0.367 e. The Bertz CT molecular complexity index is 451. The molecule has 0 N–H and O–H groups in total. The molecule has 0 saturated carbocycles. The normalized spacial score (nSPS) is 12.5. The predicted octanol–water partition coefficient (Wildman–Crippen LogP) is 4.14. The second kappa shape index (κ2) is 8.06. The van der Waals surface area contributed by atoms with E-state index < -0.39 is 8.80 Å². The quantitative estimate of drug-likeness (QED) is 0.673. The zero-order chi connectivity index (χ0) is 16.9. The van der Waals surface area contributed by atoms with Crippen molar-refractivity contribution in [2.24, 2.45) is 0 Å². The molecule has 0 unspecified atom stereocenters. The number of benzene rings is 1. The summed E-state index contributed by atoms with van der Waals surface area (Å²) in [5.41, 5.74) is 2.16. The van der Waals surface area contributed by atoms with Gasteiger partial charge in [-0.05, 0) is 54.0 Å². The fourth-order valence-corrected chi connectivity index (χ4v) is 5.19. The first-order valence-electron chi connectivity index (χ1n) is 7.96. The van der Waals surface area contributed by atoms with Crippen LogP contribution < -0.4 is 5.19 Å². The number of allylic oxidation sites excluding steroid dienone is 1. The van der Waals surface area contributed by atoms with E-state index in [1.54, 1.807) is 0 Å². The van der Waals surface area contributed by atoms with Gasteiger partial charge in [-0.25, -0.2) is 0 Å². The van der Waals surface area contributed by atoms with Gasteiger partial charge >= 0.3 is 8.80 Å². The van der Waals surface area contributed by atoms with Crippen LogP contribution in [-0.2, 0) is 13.3 Å². The monoisotopic (exact) mass is 322 g/mol. The van der Waals surface area contributed by atoms with Crippen LogP contribution in [0.1, 0.15) is 54.0 Å². The minimum Gasteiger partial charge on any atom is -0.367 e. The Balaban J connectivity index is 3.28. The maximum atomic E-state index is 6.22. The van der Waals surface area contributed by atoms with Crippen LogP contribution in [0.3, 0.4) is 0 Å². The van der Waals surface area contributed by atoms with E-state index in [4.69, 9.17) is 13.3 Å². The van der Waals surface area contributed by atoms with Gasteiger partial charge in [-0.3, -0.25) is 0 Å². The molecule has 0 aliphatic rings. The Morgan fingerprint density at radius 2 is 1.18 bits per heavy atom. The molecule has 0 aliphatic carbocycles. The van der Waals surface area contributed by atoms with Crippen LogP contribution in [0.15, 0.2) is 30.8 Å². The van der Waals surface area contributed by atoms with Crippen molar-refractivity contribution in [3.63, 3.8) is 0 Å². The largest absolute Gasteiger partial charge is 0.537 e. The summed E-state index contributed by atoms with van der Waals surface area (Å²) < 4.78 is 18.7. The molecular formula is C18H30O3Si. The molecule has 3 nitrogen and oxygen atoms in total. The van der Waals surface area contributed by atoms with E-state index in [0.717, 1.165) is 16.3 Å². The van der Waals surface area contributed by atoms with Crippen LogP contribution in [0.5, 0.6) is 0 Å². The van der Waals surface area contributed by atoms with Crippen LogP contribution in [0.4, 0.5) is 0 Å². The molecule has 0 aliphatic heterocycles. The van der Waals surface area contributed by atoms with Crippen LogP contribution in [0, 0.1) is 0 Å². The maximum absolute atomic E-state index is 6.22. The summed E-state index contributed by atoms with van der Waals surface area (Å²) in [6.07, 6.45) is 0.0972. The lowest BCUT2D eigenvalue weighted by Gasteiger charge is -2.34. The standard InChI is InChI=1S/C18H30O3Si/c1-13(2)17-9-11-18(12-10-17)22(19-14(3)4,20-15(5)6)21-16(7)8/h9-12,14-16H,1H2,2-8H3. The van der Waals surface area contributed by atoms with Gasteiger partial charge in [0.05, 0.1) is 0 Å². The molecule has 0 fully saturated rings. The van der Waals surface area contributed by atoms with E-state index in [1.165, 1.54) is 0 Å². The van der Waals surface area contributed by atoms with Gasteiger partial charge < -0.3 is 13.3 Å². The molecule has 0 heterocycles. The summed E-state index contributed by atoms with van der Waals surface area (Å²) in [6.45, 7) is 18.0. The van der Waals surface area contributed by atoms with Gasteiger partial charge in [-0.1, -0.05) is 36.4 Å². The topological polar surface area (TPSA) is 27.7 Å². The molecule has 22 heavy (non-hydrogen) atoms. The molecule has 1 aromatic carbocycles. The van der Waals surface area contributed by atoms with E-state index in [2.05, 4.69) is 18.7 Å². The van der Waals surface area contributed by atoms with Gasteiger partial charge in [0.1, 0.15) is 0 Å². The lowest BCUT2D eigenvalue weighted by molar-refractivity contribution is 0.0153. The Labute approximate surface area is 136 Å². The molecule has 0 atom stereocenters. The SMILES string of the molecule is C=C(C)c1ccc([Si](OC(C)C)(OC(C)C)OC(C)C)cc1. The van der Waals surface area contributed by atoms with Crippen molar-refractivity contribution in [2.75, 3.05) is 0 Å². The van der Waals surface area contributed by atoms with Gasteiger partial charge in [-0.2, -0.15) is 0 Å². The summed E-state index contributed by atoms with van der Waals surface area (Å²) in [7, 11) is -2.95. The number of hydrogen-bond acceptors (Lipinski definition) is 3. The van der Waals surface area contributed by atoms with Crippen molar-refractivity contribution in [1.29, 1.82) is 0 Å². The minimum absolute atomic E-state index is 0.0324. The first-order chi connectivity index (χ1) is 10.2. The van der Waals surface area contributed by atoms with E-state index >= 15 is 0 Å². The van der Waals surface area contributed by atoms with E-state index in [9.17, 15) is 0 Å². The van der Waals surface area contributed by atoms with Crippen molar-refractivity contribution in [1.82, 2.24) is 0 Å². The van der Waals surface area contributed by atoms with Crippen LogP contribution in [-0.4, -0.2) is 27.1 Å². The summed E-state index contributed by atoms with van der Waals surface area (Å²) >= 11 is 0. The molecule has 1 rings (SSSR count). The maximum Gasteiger partial charge on any atom is 0.537 e. The van der Waals surface area contributed by atoms with Crippen molar-refractivity contribution >= 4 is 19.6 Å². The van der Waals surface area contributed by atoms with Gasteiger partial charge in [-0.15, -0.1) is 0 Å². The predicted molar refractivity (Wildman–Crippen MR) is 95.2 cm³/mol. The van der Waals surface area contributed by atoms with Gasteiger partial charge in [0.25, 0.3) is 0 Å². The fraction of sp³-hybridized carbons (Fsp3) is 0.556. The highest BCUT2D eigenvalue weighted by Gasteiger charge is 2.46. The number of rotatable bonds is 8. The molecule has 4 heteroatoms. The van der Waals surface area contributed by atoms with Crippen LogP contribution >= 0.6 is 0 Å². The highest BCUT2D eigenvalue weighted by atomic mass is 28.4. The molecule has 0 radical (unpaired) electrons. The van der Waals surface area contributed by atoms with Crippen molar-refractivity contribution < 1.29 is 13.3 Å². The third-order valence-corrected chi connectivity index (χ3v) is 6.29. The minimum atomic E-state index is -2.95. The Kier molecular flexibility index (Phi) is 7.00. The molecule has 0 amide bonds. The molecule has 124 valence electrons. The van der Waals surface area contributed by atoms with Crippen molar-refractivity contribution in [3.05, 3.63) is 36.4 Å². The van der Waals surface area contributed by atoms with E-state index in [1.807, 2.05) is 60.6 Å². The van der Waals surface area contributed by atoms with E-state index in [0.29, 0.717) is 0 Å².